The van der Waals surface area contributed by atoms with E-state index in [-0.39, 0.29) is 0 Å². The summed E-state index contributed by atoms with van der Waals surface area (Å²) in [6.45, 7) is 5.54. The van der Waals surface area contributed by atoms with Crippen LogP contribution in [0.15, 0.2) is 24.3 Å². The van der Waals surface area contributed by atoms with Crippen LogP contribution in [0.4, 0.5) is 0 Å². The average Bonchev–Trinajstić information content (AvgIpc) is 2.66. The highest BCUT2D eigenvalue weighted by atomic mass is 14.9. The van der Waals surface area contributed by atoms with Gasteiger partial charge in [-0.05, 0) is 43.4 Å². The second-order valence-corrected chi connectivity index (χ2v) is 5.64. The van der Waals surface area contributed by atoms with Crippen molar-refractivity contribution in [1.29, 1.82) is 0 Å². The Morgan fingerprint density at radius 3 is 2.39 bits per heavy atom. The van der Waals surface area contributed by atoms with Gasteiger partial charge in [0.15, 0.2) is 0 Å². The van der Waals surface area contributed by atoms with Crippen molar-refractivity contribution < 1.29 is 0 Å². The third-order valence-corrected chi connectivity index (χ3v) is 4.32. The third-order valence-electron chi connectivity index (χ3n) is 4.32. The minimum Gasteiger partial charge on any atom is -0.310 e. The number of benzene rings is 1. The lowest BCUT2D eigenvalue weighted by Gasteiger charge is -2.28. The summed E-state index contributed by atoms with van der Waals surface area (Å²) >= 11 is 0. The molecule has 0 radical (unpaired) electrons. The predicted molar refractivity (Wildman–Crippen MR) is 78.8 cm³/mol. The average molecular weight is 245 g/mol. The summed E-state index contributed by atoms with van der Waals surface area (Å²) < 4.78 is 0. The molecule has 0 aromatic heterocycles. The molecule has 0 heterocycles. The number of rotatable bonds is 4. The molecule has 0 bridgehead atoms. The Morgan fingerprint density at radius 2 is 1.78 bits per heavy atom. The smallest absolute Gasteiger partial charge is 0.0351 e. The van der Waals surface area contributed by atoms with Crippen LogP contribution in [0.1, 0.15) is 62.6 Å². The maximum absolute atomic E-state index is 3.74. The van der Waals surface area contributed by atoms with Gasteiger partial charge in [-0.2, -0.15) is 0 Å². The molecule has 1 aliphatic rings. The molecule has 1 saturated carbocycles. The minimum absolute atomic E-state index is 0.564. The monoisotopic (exact) mass is 245 g/mol. The highest BCUT2D eigenvalue weighted by Crippen LogP contribution is 2.34. The van der Waals surface area contributed by atoms with Crippen molar-refractivity contribution in [3.63, 3.8) is 0 Å². The lowest BCUT2D eigenvalue weighted by Crippen LogP contribution is -2.28. The lowest BCUT2D eigenvalue weighted by atomic mass is 9.85. The van der Waals surface area contributed by atoms with Crippen molar-refractivity contribution in [3.8, 4) is 0 Å². The summed E-state index contributed by atoms with van der Waals surface area (Å²) in [7, 11) is 0. The number of hydrogen-bond acceptors (Lipinski definition) is 1. The van der Waals surface area contributed by atoms with Crippen LogP contribution in [-0.4, -0.2) is 6.54 Å². The second kappa shape index (κ2) is 6.94. The standard InChI is InChI=1S/C17H27N/c1-3-18-17(15-11-6-4-5-7-12-15)16-13-9-8-10-14(16)2/h8-10,13,15,17-18H,3-7,11-12H2,1-2H3. The zero-order chi connectivity index (χ0) is 12.8. The lowest BCUT2D eigenvalue weighted by molar-refractivity contribution is 0.329. The van der Waals surface area contributed by atoms with Crippen LogP contribution in [0.5, 0.6) is 0 Å². The highest BCUT2D eigenvalue weighted by molar-refractivity contribution is 5.29. The van der Waals surface area contributed by atoms with Crippen LogP contribution < -0.4 is 5.32 Å². The Labute approximate surface area is 112 Å². The van der Waals surface area contributed by atoms with Gasteiger partial charge in [-0.1, -0.05) is 56.9 Å². The van der Waals surface area contributed by atoms with Crippen molar-refractivity contribution >= 4 is 0 Å². The van der Waals surface area contributed by atoms with Crippen molar-refractivity contribution in [2.75, 3.05) is 6.54 Å². The van der Waals surface area contributed by atoms with Gasteiger partial charge in [-0.25, -0.2) is 0 Å². The Kier molecular flexibility index (Phi) is 5.25. The summed E-state index contributed by atoms with van der Waals surface area (Å²) in [5.74, 6) is 0.827. The quantitative estimate of drug-likeness (QED) is 0.763. The fourth-order valence-electron chi connectivity index (χ4n) is 3.33. The normalized spacial score (nSPS) is 19.4. The van der Waals surface area contributed by atoms with E-state index in [0.717, 1.165) is 12.5 Å². The van der Waals surface area contributed by atoms with E-state index in [1.807, 2.05) is 0 Å². The summed E-state index contributed by atoms with van der Waals surface area (Å²) in [4.78, 5) is 0. The van der Waals surface area contributed by atoms with E-state index < -0.39 is 0 Å². The van der Waals surface area contributed by atoms with Crippen LogP contribution in [-0.2, 0) is 0 Å². The molecular weight excluding hydrogens is 218 g/mol. The van der Waals surface area contributed by atoms with E-state index in [4.69, 9.17) is 0 Å². The number of hydrogen-bond donors (Lipinski definition) is 1. The molecule has 0 aliphatic heterocycles. The van der Waals surface area contributed by atoms with Gasteiger partial charge in [-0.3, -0.25) is 0 Å². The molecule has 0 spiro atoms. The van der Waals surface area contributed by atoms with E-state index in [1.54, 1.807) is 0 Å². The van der Waals surface area contributed by atoms with E-state index in [9.17, 15) is 0 Å². The van der Waals surface area contributed by atoms with Gasteiger partial charge in [-0.15, -0.1) is 0 Å². The number of aryl methyl sites for hydroxylation is 1. The van der Waals surface area contributed by atoms with E-state index in [1.165, 1.54) is 49.7 Å². The summed E-state index contributed by atoms with van der Waals surface area (Å²) in [5.41, 5.74) is 2.96. The second-order valence-electron chi connectivity index (χ2n) is 5.64. The molecule has 1 unspecified atom stereocenters. The molecular formula is C17H27N. The summed E-state index contributed by atoms with van der Waals surface area (Å²) in [6.07, 6.45) is 8.49. The first-order valence-electron chi connectivity index (χ1n) is 7.62. The number of nitrogens with one attached hydrogen (secondary N) is 1. The fourth-order valence-corrected chi connectivity index (χ4v) is 3.33. The Balaban J connectivity index is 2.18. The molecule has 18 heavy (non-hydrogen) atoms. The minimum atomic E-state index is 0.564. The van der Waals surface area contributed by atoms with E-state index in [2.05, 4.69) is 43.4 Å². The van der Waals surface area contributed by atoms with Crippen molar-refractivity contribution in [2.24, 2.45) is 5.92 Å². The van der Waals surface area contributed by atoms with Gasteiger partial charge in [0.05, 0.1) is 0 Å². The molecule has 1 N–H and O–H groups in total. The maximum atomic E-state index is 3.74. The zero-order valence-electron chi connectivity index (χ0n) is 11.9. The zero-order valence-corrected chi connectivity index (χ0v) is 11.9. The molecule has 100 valence electrons. The molecule has 0 saturated heterocycles. The van der Waals surface area contributed by atoms with Gasteiger partial charge in [0, 0.05) is 6.04 Å². The van der Waals surface area contributed by atoms with Crippen LogP contribution in [0, 0.1) is 12.8 Å². The van der Waals surface area contributed by atoms with Gasteiger partial charge in [0.25, 0.3) is 0 Å². The Morgan fingerprint density at radius 1 is 1.11 bits per heavy atom. The molecule has 2 rings (SSSR count). The topological polar surface area (TPSA) is 12.0 Å². The molecule has 0 amide bonds. The van der Waals surface area contributed by atoms with Crippen LogP contribution in [0.3, 0.4) is 0 Å². The first kappa shape index (κ1) is 13.6. The van der Waals surface area contributed by atoms with Crippen LogP contribution >= 0.6 is 0 Å². The van der Waals surface area contributed by atoms with Crippen molar-refractivity contribution in [3.05, 3.63) is 35.4 Å². The molecule has 1 fully saturated rings. The Hall–Kier alpha value is -0.820. The van der Waals surface area contributed by atoms with Crippen molar-refractivity contribution in [2.45, 2.75) is 58.4 Å². The first-order chi connectivity index (χ1) is 8.83. The largest absolute Gasteiger partial charge is 0.310 e. The van der Waals surface area contributed by atoms with Crippen LogP contribution in [0.25, 0.3) is 0 Å². The van der Waals surface area contributed by atoms with Gasteiger partial charge >= 0.3 is 0 Å². The summed E-state index contributed by atoms with van der Waals surface area (Å²) in [5, 5.41) is 3.74. The van der Waals surface area contributed by atoms with Crippen LogP contribution in [0.2, 0.25) is 0 Å². The van der Waals surface area contributed by atoms with Gasteiger partial charge < -0.3 is 5.32 Å². The van der Waals surface area contributed by atoms with E-state index >= 15 is 0 Å². The summed E-state index contributed by atoms with van der Waals surface area (Å²) in [6, 6.07) is 9.46. The van der Waals surface area contributed by atoms with Gasteiger partial charge in [0.2, 0.25) is 0 Å². The maximum Gasteiger partial charge on any atom is 0.0351 e. The molecule has 1 aliphatic carbocycles. The molecule has 1 heteroatoms. The molecule has 1 aromatic carbocycles. The van der Waals surface area contributed by atoms with E-state index in [0.29, 0.717) is 6.04 Å². The molecule has 1 atom stereocenters. The third kappa shape index (κ3) is 3.35. The fraction of sp³-hybridized carbons (Fsp3) is 0.647. The first-order valence-corrected chi connectivity index (χ1v) is 7.62. The SMILES string of the molecule is CCNC(c1ccccc1C)C1CCCCCC1. The molecule has 1 nitrogen and oxygen atoms in total. The van der Waals surface area contributed by atoms with Gasteiger partial charge in [0.1, 0.15) is 0 Å². The van der Waals surface area contributed by atoms with Crippen molar-refractivity contribution in [1.82, 2.24) is 5.32 Å². The molecule has 1 aromatic rings. The highest BCUT2D eigenvalue weighted by Gasteiger charge is 2.24. The Bertz CT molecular complexity index is 350. The predicted octanol–water partition coefficient (Wildman–Crippen LogP) is 4.62.